The normalized spacial score (nSPS) is 39.8. The molecule has 1 rings (SSSR count). The second-order valence-corrected chi connectivity index (χ2v) is 4.05. The van der Waals surface area contributed by atoms with Crippen LogP contribution >= 0.6 is 0 Å². The quantitative estimate of drug-likeness (QED) is 0.302. The molecular formula is C9H18N2O6. The van der Waals surface area contributed by atoms with Crippen LogP contribution in [0.1, 0.15) is 6.92 Å². The molecule has 1 amide bonds. The van der Waals surface area contributed by atoms with E-state index in [1.807, 2.05) is 0 Å². The smallest absolute Gasteiger partial charge is 0.237 e. The predicted octanol–water partition coefficient (Wildman–Crippen LogP) is -3.75. The first-order valence-electron chi connectivity index (χ1n) is 5.25. The van der Waals surface area contributed by atoms with E-state index in [9.17, 15) is 20.1 Å². The Labute approximate surface area is 98.0 Å². The summed E-state index contributed by atoms with van der Waals surface area (Å²) in [5.74, 6) is -0.591. The second kappa shape index (κ2) is 5.71. The summed E-state index contributed by atoms with van der Waals surface area (Å²) in [4.78, 5) is 11.3. The van der Waals surface area contributed by atoms with Gasteiger partial charge in [0.2, 0.25) is 5.91 Å². The van der Waals surface area contributed by atoms with Crippen molar-refractivity contribution in [3.8, 4) is 0 Å². The van der Waals surface area contributed by atoms with Gasteiger partial charge >= 0.3 is 0 Å². The molecule has 0 saturated carbocycles. The first-order valence-corrected chi connectivity index (χ1v) is 5.25. The Balaban J connectivity index is 2.69. The molecule has 0 bridgehead atoms. The summed E-state index contributed by atoms with van der Waals surface area (Å²) in [5.41, 5.74) is 5.31. The summed E-state index contributed by atoms with van der Waals surface area (Å²) < 4.78 is 4.85. The van der Waals surface area contributed by atoms with Gasteiger partial charge in [-0.3, -0.25) is 4.79 Å². The van der Waals surface area contributed by atoms with Crippen molar-refractivity contribution in [1.29, 1.82) is 0 Å². The number of aliphatic hydroxyl groups excluding tert-OH is 4. The molecule has 1 aliphatic heterocycles. The number of nitrogens with one attached hydrogen (secondary N) is 1. The summed E-state index contributed by atoms with van der Waals surface area (Å²) in [6, 6.07) is -2.01. The van der Waals surface area contributed by atoms with Crippen LogP contribution < -0.4 is 11.1 Å². The van der Waals surface area contributed by atoms with Crippen LogP contribution in [0.5, 0.6) is 0 Å². The van der Waals surface area contributed by atoms with Gasteiger partial charge < -0.3 is 36.2 Å². The average Bonchev–Trinajstić information content (AvgIpc) is 2.28. The lowest BCUT2D eigenvalue weighted by molar-refractivity contribution is -0.253. The maximum absolute atomic E-state index is 11.3. The zero-order valence-corrected chi connectivity index (χ0v) is 9.35. The lowest BCUT2D eigenvalue weighted by Gasteiger charge is -2.40. The maximum atomic E-state index is 11.3. The SMILES string of the molecule is CC(N)C(=O)N[C@@H]1[C@@H](O)[C@H](O)[C@@H](CO)O[C@H]1O. The molecule has 0 aromatic heterocycles. The highest BCUT2D eigenvalue weighted by molar-refractivity contribution is 5.81. The lowest BCUT2D eigenvalue weighted by Crippen LogP contribution is -2.65. The summed E-state index contributed by atoms with van der Waals surface area (Å²) in [6.45, 7) is 0.883. The van der Waals surface area contributed by atoms with Crippen LogP contribution in [0, 0.1) is 0 Å². The lowest BCUT2D eigenvalue weighted by atomic mass is 9.97. The molecular weight excluding hydrogens is 232 g/mol. The number of ether oxygens (including phenoxy) is 1. The van der Waals surface area contributed by atoms with Gasteiger partial charge in [-0.1, -0.05) is 0 Å². The van der Waals surface area contributed by atoms with Crippen LogP contribution in [0.25, 0.3) is 0 Å². The average molecular weight is 250 g/mol. The number of hydrogen-bond acceptors (Lipinski definition) is 7. The number of rotatable bonds is 3. The van der Waals surface area contributed by atoms with Gasteiger partial charge in [-0.15, -0.1) is 0 Å². The van der Waals surface area contributed by atoms with Gasteiger partial charge in [0.15, 0.2) is 6.29 Å². The fourth-order valence-electron chi connectivity index (χ4n) is 1.55. The third-order valence-electron chi connectivity index (χ3n) is 2.62. The van der Waals surface area contributed by atoms with Gasteiger partial charge in [-0.2, -0.15) is 0 Å². The minimum Gasteiger partial charge on any atom is -0.394 e. The molecule has 0 aromatic rings. The largest absolute Gasteiger partial charge is 0.394 e. The molecule has 0 radical (unpaired) electrons. The molecule has 17 heavy (non-hydrogen) atoms. The van der Waals surface area contributed by atoms with Gasteiger partial charge in [0.1, 0.15) is 24.4 Å². The van der Waals surface area contributed by atoms with E-state index in [1.54, 1.807) is 0 Å². The molecule has 0 aliphatic carbocycles. The fraction of sp³-hybridized carbons (Fsp3) is 0.889. The van der Waals surface area contributed by atoms with Crippen LogP contribution in [0.2, 0.25) is 0 Å². The van der Waals surface area contributed by atoms with Crippen LogP contribution in [-0.4, -0.2) is 69.6 Å². The van der Waals surface area contributed by atoms with Crippen molar-refractivity contribution in [3.05, 3.63) is 0 Å². The third-order valence-corrected chi connectivity index (χ3v) is 2.62. The Morgan fingerprint density at radius 1 is 1.41 bits per heavy atom. The number of aliphatic hydroxyl groups is 4. The minimum absolute atomic E-state index is 0.552. The molecule has 1 fully saturated rings. The number of nitrogens with two attached hydrogens (primary N) is 1. The third kappa shape index (κ3) is 3.12. The highest BCUT2D eigenvalue weighted by Gasteiger charge is 2.44. The van der Waals surface area contributed by atoms with Crippen LogP contribution in [0.3, 0.4) is 0 Å². The van der Waals surface area contributed by atoms with Crippen LogP contribution in [0.15, 0.2) is 0 Å². The molecule has 1 heterocycles. The van der Waals surface area contributed by atoms with Gasteiger partial charge in [-0.05, 0) is 6.92 Å². The zero-order valence-electron chi connectivity index (χ0n) is 9.35. The van der Waals surface area contributed by atoms with E-state index in [-0.39, 0.29) is 0 Å². The second-order valence-electron chi connectivity index (χ2n) is 4.05. The summed E-state index contributed by atoms with van der Waals surface area (Å²) >= 11 is 0. The topological polar surface area (TPSA) is 145 Å². The van der Waals surface area contributed by atoms with E-state index in [2.05, 4.69) is 5.32 Å². The molecule has 8 nitrogen and oxygen atoms in total. The Hall–Kier alpha value is -0.770. The van der Waals surface area contributed by atoms with Gasteiger partial charge in [-0.25, -0.2) is 0 Å². The van der Waals surface area contributed by atoms with E-state index in [0.717, 1.165) is 0 Å². The molecule has 8 heteroatoms. The van der Waals surface area contributed by atoms with E-state index in [0.29, 0.717) is 0 Å². The van der Waals surface area contributed by atoms with E-state index in [1.165, 1.54) is 6.92 Å². The van der Waals surface area contributed by atoms with E-state index >= 15 is 0 Å². The van der Waals surface area contributed by atoms with Gasteiger partial charge in [0, 0.05) is 0 Å². The highest BCUT2D eigenvalue weighted by atomic mass is 16.6. The molecule has 100 valence electrons. The molecule has 7 N–H and O–H groups in total. The van der Waals surface area contributed by atoms with Crippen molar-refractivity contribution in [3.63, 3.8) is 0 Å². The minimum atomic E-state index is -1.52. The number of carbonyl (C=O) groups excluding carboxylic acids is 1. The molecule has 1 saturated heterocycles. The standard InChI is InChI=1S/C9H18N2O6/c1-3(10)8(15)11-5-7(14)6(13)4(2-12)17-9(5)16/h3-7,9,12-14,16H,2,10H2,1H3,(H,11,15)/t3?,4-,5-,6-,7-,9-/m1/s1. The Morgan fingerprint density at radius 2 is 2.00 bits per heavy atom. The summed E-state index contributed by atoms with van der Waals surface area (Å²) in [6.07, 6.45) is -5.46. The molecule has 1 aliphatic rings. The number of hydrogen-bond donors (Lipinski definition) is 6. The number of carbonyl (C=O) groups is 1. The van der Waals surface area contributed by atoms with Crippen molar-refractivity contribution in [2.45, 2.75) is 43.6 Å². The first kappa shape index (κ1) is 14.3. The van der Waals surface area contributed by atoms with Crippen LogP contribution in [-0.2, 0) is 9.53 Å². The Bertz CT molecular complexity index is 274. The number of amides is 1. The van der Waals surface area contributed by atoms with E-state index < -0.39 is 49.2 Å². The maximum Gasteiger partial charge on any atom is 0.237 e. The van der Waals surface area contributed by atoms with Crippen molar-refractivity contribution >= 4 is 5.91 Å². The monoisotopic (exact) mass is 250 g/mol. The summed E-state index contributed by atoms with van der Waals surface area (Å²) in [7, 11) is 0. The fourth-order valence-corrected chi connectivity index (χ4v) is 1.55. The van der Waals surface area contributed by atoms with Crippen molar-refractivity contribution < 1.29 is 30.0 Å². The van der Waals surface area contributed by atoms with Crippen molar-refractivity contribution in [2.24, 2.45) is 5.73 Å². The first-order chi connectivity index (χ1) is 7.88. The van der Waals surface area contributed by atoms with Crippen molar-refractivity contribution in [1.82, 2.24) is 5.32 Å². The molecule has 0 spiro atoms. The van der Waals surface area contributed by atoms with Crippen LogP contribution in [0.4, 0.5) is 0 Å². The van der Waals surface area contributed by atoms with Crippen molar-refractivity contribution in [2.75, 3.05) is 6.61 Å². The summed E-state index contributed by atoms with van der Waals surface area (Å²) in [5, 5.41) is 39.9. The molecule has 1 unspecified atom stereocenters. The van der Waals surface area contributed by atoms with E-state index in [4.69, 9.17) is 15.6 Å². The molecule has 0 aromatic carbocycles. The Morgan fingerprint density at radius 3 is 2.47 bits per heavy atom. The predicted molar refractivity (Wildman–Crippen MR) is 55.6 cm³/mol. The molecule has 6 atom stereocenters. The van der Waals surface area contributed by atoms with Gasteiger partial charge in [0.25, 0.3) is 0 Å². The van der Waals surface area contributed by atoms with Gasteiger partial charge in [0.05, 0.1) is 12.6 Å². The Kier molecular flexibility index (Phi) is 4.80. The highest BCUT2D eigenvalue weighted by Crippen LogP contribution is 2.19. The zero-order chi connectivity index (χ0) is 13.2.